The summed E-state index contributed by atoms with van der Waals surface area (Å²) >= 11 is 3.55. The second kappa shape index (κ2) is 4.56. The molecular weight excluding hydrogens is 280 g/mol. The first kappa shape index (κ1) is 10.9. The number of halogens is 1. The van der Waals surface area contributed by atoms with E-state index in [-0.39, 0.29) is 0 Å². The Bertz CT molecular complexity index is 504. The van der Waals surface area contributed by atoms with Gasteiger partial charge in [0.2, 0.25) is 0 Å². The molecule has 1 aliphatic carbocycles. The Labute approximate surface area is 108 Å². The van der Waals surface area contributed by atoms with E-state index < -0.39 is 0 Å². The first-order valence-electron chi connectivity index (χ1n) is 5.79. The van der Waals surface area contributed by atoms with Crippen LogP contribution in [0.25, 0.3) is 11.4 Å². The van der Waals surface area contributed by atoms with Crippen molar-refractivity contribution < 1.29 is 0 Å². The summed E-state index contributed by atoms with van der Waals surface area (Å²) in [5.74, 6) is 0.653. The van der Waals surface area contributed by atoms with Crippen LogP contribution in [0.15, 0.2) is 18.6 Å². The van der Waals surface area contributed by atoms with E-state index in [1.807, 2.05) is 0 Å². The largest absolute Gasteiger partial charge is 0.281 e. The number of H-pyrrole nitrogens is 1. The smallest absolute Gasteiger partial charge is 0.116 e. The highest BCUT2D eigenvalue weighted by Crippen LogP contribution is 2.39. The normalized spacial score (nSPS) is 15.8. The predicted octanol–water partition coefficient (Wildman–Crippen LogP) is 3.03. The van der Waals surface area contributed by atoms with Crippen molar-refractivity contribution in [2.75, 3.05) is 0 Å². The number of aromatic nitrogens is 4. The molecular formula is C12H13BrN4. The number of hydrogen-bond acceptors (Lipinski definition) is 3. The average molecular weight is 293 g/mol. The standard InChI is InChI=1S/C12H13BrN4/c13-6-9-11(8-2-1-3-8)16-17-12(9)10-7-14-4-5-15-10/h4-5,7-8H,1-3,6H2,(H,16,17). The summed E-state index contributed by atoms with van der Waals surface area (Å²) in [5, 5.41) is 8.39. The van der Waals surface area contributed by atoms with Crippen LogP contribution in [0.4, 0.5) is 0 Å². The van der Waals surface area contributed by atoms with E-state index in [1.54, 1.807) is 18.6 Å². The number of rotatable bonds is 3. The molecule has 1 aliphatic rings. The van der Waals surface area contributed by atoms with Crippen molar-refractivity contribution in [2.45, 2.75) is 30.5 Å². The molecule has 0 aromatic carbocycles. The Kier molecular flexibility index (Phi) is 2.93. The Hall–Kier alpha value is -1.23. The second-order valence-electron chi connectivity index (χ2n) is 4.32. The molecule has 0 radical (unpaired) electrons. The monoisotopic (exact) mass is 292 g/mol. The average Bonchev–Trinajstić information content (AvgIpc) is 2.71. The third kappa shape index (κ3) is 1.88. The van der Waals surface area contributed by atoms with Crippen LogP contribution in [-0.2, 0) is 5.33 Å². The van der Waals surface area contributed by atoms with Gasteiger partial charge in [-0.3, -0.25) is 15.1 Å². The minimum absolute atomic E-state index is 0.653. The highest BCUT2D eigenvalue weighted by Gasteiger charge is 2.26. The second-order valence-corrected chi connectivity index (χ2v) is 4.88. The van der Waals surface area contributed by atoms with Gasteiger partial charge in [0.1, 0.15) is 11.4 Å². The minimum Gasteiger partial charge on any atom is -0.281 e. The summed E-state index contributed by atoms with van der Waals surface area (Å²) in [5.41, 5.74) is 4.27. The van der Waals surface area contributed by atoms with Crippen molar-refractivity contribution in [3.63, 3.8) is 0 Å². The molecule has 0 saturated heterocycles. The van der Waals surface area contributed by atoms with Gasteiger partial charge < -0.3 is 0 Å². The van der Waals surface area contributed by atoms with E-state index in [1.165, 1.54) is 30.5 Å². The number of hydrogen-bond donors (Lipinski definition) is 1. The van der Waals surface area contributed by atoms with E-state index in [9.17, 15) is 0 Å². The highest BCUT2D eigenvalue weighted by molar-refractivity contribution is 9.08. The summed E-state index contributed by atoms with van der Waals surface area (Å²) in [6.07, 6.45) is 8.99. The van der Waals surface area contributed by atoms with Crippen LogP contribution in [-0.4, -0.2) is 20.2 Å². The van der Waals surface area contributed by atoms with E-state index in [0.717, 1.165) is 16.7 Å². The minimum atomic E-state index is 0.653. The van der Waals surface area contributed by atoms with Gasteiger partial charge in [0.25, 0.3) is 0 Å². The lowest BCUT2D eigenvalue weighted by molar-refractivity contribution is 0.409. The molecule has 1 N–H and O–H groups in total. The van der Waals surface area contributed by atoms with Gasteiger partial charge in [-0.2, -0.15) is 5.10 Å². The van der Waals surface area contributed by atoms with Gasteiger partial charge in [-0.05, 0) is 12.8 Å². The molecule has 0 amide bonds. The maximum absolute atomic E-state index is 4.40. The fourth-order valence-corrected chi connectivity index (χ4v) is 2.75. The van der Waals surface area contributed by atoms with E-state index in [2.05, 4.69) is 36.1 Å². The summed E-state index contributed by atoms with van der Waals surface area (Å²) in [6, 6.07) is 0. The van der Waals surface area contributed by atoms with Gasteiger partial charge in [-0.1, -0.05) is 22.4 Å². The lowest BCUT2D eigenvalue weighted by atomic mass is 9.81. The van der Waals surface area contributed by atoms with Crippen LogP contribution >= 0.6 is 15.9 Å². The maximum atomic E-state index is 4.40. The molecule has 0 unspecified atom stereocenters. The van der Waals surface area contributed by atoms with Crippen LogP contribution in [0.5, 0.6) is 0 Å². The molecule has 2 aromatic heterocycles. The number of alkyl halides is 1. The zero-order valence-electron chi connectivity index (χ0n) is 9.36. The highest BCUT2D eigenvalue weighted by atomic mass is 79.9. The van der Waals surface area contributed by atoms with Crippen LogP contribution in [0.1, 0.15) is 36.4 Å². The quantitative estimate of drug-likeness (QED) is 0.885. The molecule has 2 heterocycles. The third-order valence-electron chi connectivity index (χ3n) is 3.35. The molecule has 0 atom stereocenters. The van der Waals surface area contributed by atoms with Crippen molar-refractivity contribution in [1.82, 2.24) is 20.2 Å². The van der Waals surface area contributed by atoms with Crippen molar-refractivity contribution in [2.24, 2.45) is 0 Å². The molecule has 0 bridgehead atoms. The lowest BCUT2D eigenvalue weighted by Crippen LogP contribution is -2.10. The van der Waals surface area contributed by atoms with Crippen LogP contribution < -0.4 is 0 Å². The summed E-state index contributed by atoms with van der Waals surface area (Å²) in [6.45, 7) is 0. The Morgan fingerprint density at radius 1 is 1.35 bits per heavy atom. The van der Waals surface area contributed by atoms with Gasteiger partial charge in [0.15, 0.2) is 0 Å². The van der Waals surface area contributed by atoms with Gasteiger partial charge in [0.05, 0.1) is 6.20 Å². The Balaban J connectivity index is 2.02. The third-order valence-corrected chi connectivity index (χ3v) is 3.91. The topological polar surface area (TPSA) is 54.5 Å². The molecule has 0 aliphatic heterocycles. The van der Waals surface area contributed by atoms with Gasteiger partial charge in [-0.25, -0.2) is 0 Å². The summed E-state index contributed by atoms with van der Waals surface area (Å²) < 4.78 is 0. The molecule has 0 spiro atoms. The molecule has 5 heteroatoms. The SMILES string of the molecule is BrCc1c(-c2cnccn2)n[nH]c1C1CCC1. The summed E-state index contributed by atoms with van der Waals surface area (Å²) in [7, 11) is 0. The first-order chi connectivity index (χ1) is 8.40. The molecule has 4 nitrogen and oxygen atoms in total. The number of nitrogens with zero attached hydrogens (tertiary/aromatic N) is 3. The molecule has 88 valence electrons. The number of nitrogens with one attached hydrogen (secondary N) is 1. The fourth-order valence-electron chi connectivity index (χ4n) is 2.18. The van der Waals surface area contributed by atoms with Crippen molar-refractivity contribution in [3.8, 4) is 11.4 Å². The molecule has 1 saturated carbocycles. The maximum Gasteiger partial charge on any atom is 0.116 e. The Morgan fingerprint density at radius 3 is 2.82 bits per heavy atom. The lowest BCUT2D eigenvalue weighted by Gasteiger charge is -2.24. The van der Waals surface area contributed by atoms with E-state index in [0.29, 0.717) is 5.92 Å². The predicted molar refractivity (Wildman–Crippen MR) is 68.8 cm³/mol. The van der Waals surface area contributed by atoms with E-state index in [4.69, 9.17) is 0 Å². The van der Waals surface area contributed by atoms with Crippen LogP contribution in [0.2, 0.25) is 0 Å². The van der Waals surface area contributed by atoms with Crippen molar-refractivity contribution in [3.05, 3.63) is 29.8 Å². The zero-order valence-corrected chi connectivity index (χ0v) is 10.9. The fraction of sp³-hybridized carbons (Fsp3) is 0.417. The molecule has 2 aromatic rings. The zero-order chi connectivity index (χ0) is 11.7. The number of aromatic amines is 1. The van der Waals surface area contributed by atoms with Crippen LogP contribution in [0, 0.1) is 0 Å². The molecule has 1 fully saturated rings. The molecule has 3 rings (SSSR count). The first-order valence-corrected chi connectivity index (χ1v) is 6.91. The van der Waals surface area contributed by atoms with Gasteiger partial charge in [-0.15, -0.1) is 0 Å². The van der Waals surface area contributed by atoms with Crippen LogP contribution in [0.3, 0.4) is 0 Å². The van der Waals surface area contributed by atoms with Crippen molar-refractivity contribution in [1.29, 1.82) is 0 Å². The van der Waals surface area contributed by atoms with Gasteiger partial charge >= 0.3 is 0 Å². The Morgan fingerprint density at radius 2 is 2.24 bits per heavy atom. The van der Waals surface area contributed by atoms with E-state index >= 15 is 0 Å². The molecule has 17 heavy (non-hydrogen) atoms. The van der Waals surface area contributed by atoms with Gasteiger partial charge in [0, 0.05) is 34.9 Å². The van der Waals surface area contributed by atoms with Crippen molar-refractivity contribution >= 4 is 15.9 Å². The summed E-state index contributed by atoms with van der Waals surface area (Å²) in [4.78, 5) is 8.40.